The van der Waals surface area contributed by atoms with Gasteiger partial charge < -0.3 is 30.0 Å². The van der Waals surface area contributed by atoms with Crippen LogP contribution in [-0.4, -0.2) is 48.4 Å². The van der Waals surface area contributed by atoms with Crippen molar-refractivity contribution in [2.45, 2.75) is 45.3 Å². The van der Waals surface area contributed by atoms with E-state index < -0.39 is 17.3 Å². The fourth-order valence-electron chi connectivity index (χ4n) is 5.25. The number of ether oxygens (including phenoxy) is 2. The molecule has 1 saturated heterocycles. The molecule has 0 saturated carbocycles. The molecule has 0 bridgehead atoms. The highest BCUT2D eigenvalue weighted by Crippen LogP contribution is 2.35. The molecule has 0 unspecified atom stereocenters. The van der Waals surface area contributed by atoms with Gasteiger partial charge in [0, 0.05) is 47.0 Å². The second-order valence-electron chi connectivity index (χ2n) is 11.3. The second-order valence-corrected chi connectivity index (χ2v) is 11.3. The molecule has 1 fully saturated rings. The number of fused-ring (bicyclic) bond motifs is 1. The molecule has 3 aromatic carbocycles. The number of halogens is 1. The van der Waals surface area contributed by atoms with E-state index in [9.17, 15) is 14.0 Å². The van der Waals surface area contributed by atoms with Gasteiger partial charge in [-0.15, -0.1) is 0 Å². The third-order valence-corrected chi connectivity index (χ3v) is 7.22. The van der Waals surface area contributed by atoms with Crippen LogP contribution < -0.4 is 20.7 Å². The van der Waals surface area contributed by atoms with Gasteiger partial charge in [-0.25, -0.2) is 9.18 Å². The van der Waals surface area contributed by atoms with Gasteiger partial charge in [0.05, 0.1) is 18.3 Å². The van der Waals surface area contributed by atoms with E-state index in [1.165, 1.54) is 13.2 Å². The lowest BCUT2D eigenvalue weighted by Crippen LogP contribution is -2.46. The highest BCUT2D eigenvalue weighted by atomic mass is 19.1. The van der Waals surface area contributed by atoms with Gasteiger partial charge in [0.2, 0.25) is 5.91 Å². The maximum atomic E-state index is 14.7. The summed E-state index contributed by atoms with van der Waals surface area (Å²) in [7, 11) is 1.44. The second kappa shape index (κ2) is 11.2. The number of carbonyl (C=O) groups excluding carboxylic acids is 2. The molecule has 2 heterocycles. The van der Waals surface area contributed by atoms with Crippen LogP contribution in [0.1, 0.15) is 44.0 Å². The lowest BCUT2D eigenvalue weighted by molar-refractivity contribution is 0.0497. The van der Waals surface area contributed by atoms with Crippen molar-refractivity contribution in [3.63, 3.8) is 0 Å². The minimum atomic E-state index is -0.531. The van der Waals surface area contributed by atoms with Crippen molar-refractivity contribution < 1.29 is 23.5 Å². The van der Waals surface area contributed by atoms with Crippen LogP contribution >= 0.6 is 0 Å². The van der Waals surface area contributed by atoms with Crippen molar-refractivity contribution in [2.75, 3.05) is 25.1 Å². The van der Waals surface area contributed by atoms with Crippen LogP contribution in [0.4, 0.5) is 14.9 Å². The number of rotatable bonds is 6. The molecule has 4 aromatic rings. The fourth-order valence-corrected chi connectivity index (χ4v) is 5.25. The summed E-state index contributed by atoms with van der Waals surface area (Å²) in [6.07, 6.45) is 1.23. The third-order valence-electron chi connectivity index (χ3n) is 7.22. The van der Waals surface area contributed by atoms with E-state index in [4.69, 9.17) is 15.2 Å². The minimum absolute atomic E-state index is 0.0610. The first kappa shape index (κ1) is 28.0. The maximum Gasteiger partial charge on any atom is 0.407 e. The van der Waals surface area contributed by atoms with Gasteiger partial charge in [0.15, 0.2) is 11.6 Å². The van der Waals surface area contributed by atoms with Gasteiger partial charge in [0.25, 0.3) is 0 Å². The molecule has 0 atom stereocenters. The summed E-state index contributed by atoms with van der Waals surface area (Å²) in [5.41, 5.74) is 9.64. The van der Waals surface area contributed by atoms with Crippen molar-refractivity contribution in [2.24, 2.45) is 5.73 Å². The fraction of sp³-hybridized carbons (Fsp3) is 0.312. The van der Waals surface area contributed by atoms with Crippen LogP contribution in [0.25, 0.3) is 27.8 Å². The molecule has 1 aromatic heterocycles. The van der Waals surface area contributed by atoms with Crippen molar-refractivity contribution in [1.29, 1.82) is 0 Å². The standard InChI is InChI=1S/C32H35FN4O4/c1-32(2,3)41-31(39)35-23-13-15-36(16-14-23)25-10-11-27-22(17-25)19-28(21-7-12-29(40-4)26(33)18-21)37(27)24-8-5-20(6-9-24)30(34)38/h5-12,17-19,23H,13-16H2,1-4H3,(H2,34,38)(H,35,39). The number of hydrogen-bond acceptors (Lipinski definition) is 5. The Labute approximate surface area is 238 Å². The number of hydrogen-bond donors (Lipinski definition) is 2. The quantitative estimate of drug-likeness (QED) is 0.301. The van der Waals surface area contributed by atoms with Crippen LogP contribution in [-0.2, 0) is 4.74 Å². The van der Waals surface area contributed by atoms with Crippen LogP contribution in [0.15, 0.2) is 66.7 Å². The molecule has 214 valence electrons. The number of nitrogens with zero attached hydrogens (tertiary/aromatic N) is 2. The monoisotopic (exact) mass is 558 g/mol. The Morgan fingerprint density at radius 3 is 2.24 bits per heavy atom. The molecule has 2 amide bonds. The van der Waals surface area contributed by atoms with E-state index in [2.05, 4.69) is 28.4 Å². The largest absolute Gasteiger partial charge is 0.494 e. The lowest BCUT2D eigenvalue weighted by atomic mass is 10.0. The molecule has 0 radical (unpaired) electrons. The van der Waals surface area contributed by atoms with Crippen molar-refractivity contribution in [3.05, 3.63) is 78.1 Å². The average molecular weight is 559 g/mol. The number of alkyl carbamates (subject to hydrolysis) is 1. The van der Waals surface area contributed by atoms with Gasteiger partial charge in [-0.05, 0) is 100 Å². The summed E-state index contributed by atoms with van der Waals surface area (Å²) >= 11 is 0. The number of benzene rings is 3. The summed E-state index contributed by atoms with van der Waals surface area (Å²) in [5, 5.41) is 3.98. The predicted octanol–water partition coefficient (Wildman–Crippen LogP) is 6.04. The number of amides is 2. The Kier molecular flexibility index (Phi) is 7.62. The summed E-state index contributed by atoms with van der Waals surface area (Å²) in [6.45, 7) is 7.14. The molecule has 3 N–H and O–H groups in total. The van der Waals surface area contributed by atoms with Crippen LogP contribution in [0.2, 0.25) is 0 Å². The predicted molar refractivity (Wildman–Crippen MR) is 158 cm³/mol. The average Bonchev–Trinajstić information content (AvgIpc) is 3.31. The minimum Gasteiger partial charge on any atom is -0.494 e. The zero-order valence-electron chi connectivity index (χ0n) is 23.7. The van der Waals surface area contributed by atoms with Crippen molar-refractivity contribution in [1.82, 2.24) is 9.88 Å². The lowest BCUT2D eigenvalue weighted by Gasteiger charge is -2.34. The van der Waals surface area contributed by atoms with E-state index in [0.29, 0.717) is 11.1 Å². The highest BCUT2D eigenvalue weighted by Gasteiger charge is 2.24. The molecule has 0 aliphatic carbocycles. The van der Waals surface area contributed by atoms with E-state index in [0.717, 1.165) is 53.9 Å². The van der Waals surface area contributed by atoms with Gasteiger partial charge in [-0.1, -0.05) is 0 Å². The number of nitrogens with two attached hydrogens (primary N) is 1. The topological polar surface area (TPSA) is 98.8 Å². The number of carbonyl (C=O) groups is 2. The molecule has 0 spiro atoms. The molecule has 5 rings (SSSR count). The van der Waals surface area contributed by atoms with E-state index in [-0.39, 0.29) is 17.9 Å². The zero-order chi connectivity index (χ0) is 29.3. The first-order valence-corrected chi connectivity index (χ1v) is 13.7. The van der Waals surface area contributed by atoms with Gasteiger partial charge in [-0.3, -0.25) is 4.79 Å². The number of aromatic nitrogens is 1. The Hall–Kier alpha value is -4.53. The van der Waals surface area contributed by atoms with Gasteiger partial charge >= 0.3 is 6.09 Å². The van der Waals surface area contributed by atoms with Crippen molar-refractivity contribution in [3.8, 4) is 22.7 Å². The smallest absolute Gasteiger partial charge is 0.407 e. The highest BCUT2D eigenvalue weighted by molar-refractivity contribution is 5.94. The Bertz CT molecular complexity index is 1580. The molecule has 41 heavy (non-hydrogen) atoms. The number of nitrogens with one attached hydrogen (secondary N) is 1. The van der Waals surface area contributed by atoms with E-state index in [1.807, 2.05) is 49.6 Å². The van der Waals surface area contributed by atoms with Gasteiger partial charge in [-0.2, -0.15) is 0 Å². The van der Waals surface area contributed by atoms with Crippen molar-refractivity contribution >= 4 is 28.6 Å². The Morgan fingerprint density at radius 2 is 1.63 bits per heavy atom. The van der Waals surface area contributed by atoms with E-state index in [1.54, 1.807) is 18.2 Å². The van der Waals surface area contributed by atoms with Crippen LogP contribution in [0.3, 0.4) is 0 Å². The van der Waals surface area contributed by atoms with Gasteiger partial charge in [0.1, 0.15) is 5.60 Å². The normalized spacial score (nSPS) is 14.2. The SMILES string of the molecule is COc1ccc(-c2cc3cc(N4CCC(NC(=O)OC(C)(C)C)CC4)ccc3n2-c2ccc(C(N)=O)cc2)cc1F. The summed E-state index contributed by atoms with van der Waals surface area (Å²) in [5.74, 6) is -0.774. The number of piperidine rings is 1. The summed E-state index contributed by atoms with van der Waals surface area (Å²) in [4.78, 5) is 26.1. The summed E-state index contributed by atoms with van der Waals surface area (Å²) in [6, 6.07) is 20.3. The van der Waals surface area contributed by atoms with Crippen LogP contribution in [0.5, 0.6) is 5.75 Å². The Balaban J connectivity index is 1.45. The number of methoxy groups -OCH3 is 1. The third kappa shape index (κ3) is 6.14. The molecule has 1 aliphatic rings. The van der Waals surface area contributed by atoms with Crippen LogP contribution in [0, 0.1) is 5.82 Å². The number of anilines is 1. The molecule has 1 aliphatic heterocycles. The van der Waals surface area contributed by atoms with E-state index >= 15 is 0 Å². The number of primary amides is 1. The first-order chi connectivity index (χ1) is 19.5. The zero-order valence-corrected chi connectivity index (χ0v) is 23.7. The maximum absolute atomic E-state index is 14.7. The molecular weight excluding hydrogens is 523 g/mol. The molecule has 9 heteroatoms. The molecular formula is C32H35FN4O4. The summed E-state index contributed by atoms with van der Waals surface area (Å²) < 4.78 is 27.3. The first-order valence-electron chi connectivity index (χ1n) is 13.7. The molecule has 8 nitrogen and oxygen atoms in total. The Morgan fingerprint density at radius 1 is 0.951 bits per heavy atom.